The molecule has 5 nitrogen and oxygen atoms in total. The van der Waals surface area contributed by atoms with E-state index < -0.39 is 16.0 Å². The van der Waals surface area contributed by atoms with Crippen molar-refractivity contribution in [3.8, 4) is 0 Å². The van der Waals surface area contributed by atoms with Crippen LogP contribution in [0.3, 0.4) is 0 Å². The Morgan fingerprint density at radius 3 is 2.71 bits per heavy atom. The van der Waals surface area contributed by atoms with Crippen LogP contribution in [0, 0.1) is 5.92 Å². The maximum absolute atomic E-state index is 11.7. The van der Waals surface area contributed by atoms with Crippen LogP contribution in [0.25, 0.3) is 0 Å². The van der Waals surface area contributed by atoms with Gasteiger partial charge >= 0.3 is 5.97 Å². The first-order valence-electron chi connectivity index (χ1n) is 5.02. The third-order valence-corrected chi connectivity index (χ3v) is 4.39. The molecule has 0 radical (unpaired) electrons. The van der Waals surface area contributed by atoms with Crippen molar-refractivity contribution in [3.63, 3.8) is 0 Å². The largest absolute Gasteiger partial charge is 0.465 e. The molecule has 1 aromatic heterocycles. The van der Waals surface area contributed by atoms with Gasteiger partial charge in [-0.3, -0.25) is 4.72 Å². The van der Waals surface area contributed by atoms with Gasteiger partial charge in [0, 0.05) is 0 Å². The van der Waals surface area contributed by atoms with E-state index in [0.717, 1.165) is 11.3 Å². The van der Waals surface area contributed by atoms with E-state index in [0.29, 0.717) is 0 Å². The van der Waals surface area contributed by atoms with Crippen molar-refractivity contribution in [2.45, 2.75) is 13.8 Å². The van der Waals surface area contributed by atoms with Crippen LogP contribution in [0.5, 0.6) is 0 Å². The van der Waals surface area contributed by atoms with Gasteiger partial charge in [-0.25, -0.2) is 13.2 Å². The molecule has 0 spiro atoms. The third-order valence-electron chi connectivity index (χ3n) is 1.85. The molecular weight excluding hydrogens is 262 g/mol. The second kappa shape index (κ2) is 5.50. The normalized spacial score (nSPS) is 11.5. The molecule has 1 heterocycles. The molecule has 0 aliphatic heterocycles. The van der Waals surface area contributed by atoms with Gasteiger partial charge < -0.3 is 4.74 Å². The molecule has 1 N–H and O–H groups in total. The molecule has 0 aliphatic carbocycles. The minimum Gasteiger partial charge on any atom is -0.465 e. The standard InChI is InChI=1S/C10H15NO4S2/c1-7(2)6-17(13,14)11-8-4-5-16-9(8)10(12)15-3/h4-5,7,11H,6H2,1-3H3. The van der Waals surface area contributed by atoms with Gasteiger partial charge in [0.05, 0.1) is 18.6 Å². The summed E-state index contributed by atoms with van der Waals surface area (Å²) in [5.41, 5.74) is 0.280. The van der Waals surface area contributed by atoms with Crippen LogP contribution in [0.15, 0.2) is 11.4 Å². The lowest BCUT2D eigenvalue weighted by atomic mass is 10.3. The average Bonchev–Trinajstić information content (AvgIpc) is 2.61. The molecule has 0 bridgehead atoms. The number of carbonyl (C=O) groups is 1. The summed E-state index contributed by atoms with van der Waals surface area (Å²) in [6.45, 7) is 3.63. The summed E-state index contributed by atoms with van der Waals surface area (Å²) < 4.78 is 30.4. The molecule has 0 amide bonds. The predicted molar refractivity (Wildman–Crippen MR) is 67.9 cm³/mol. The summed E-state index contributed by atoms with van der Waals surface area (Å²) in [5.74, 6) is -0.501. The van der Waals surface area contributed by atoms with Crippen LogP contribution in [0.4, 0.5) is 5.69 Å². The second-order valence-electron chi connectivity index (χ2n) is 3.93. The zero-order chi connectivity index (χ0) is 13.1. The lowest BCUT2D eigenvalue weighted by molar-refractivity contribution is 0.0607. The lowest BCUT2D eigenvalue weighted by Gasteiger charge is -2.09. The van der Waals surface area contributed by atoms with Gasteiger partial charge in [-0.1, -0.05) is 13.8 Å². The number of carbonyl (C=O) groups excluding carboxylic acids is 1. The minimum absolute atomic E-state index is 0.0173. The van der Waals surface area contributed by atoms with Crippen molar-refractivity contribution in [1.82, 2.24) is 0 Å². The maximum Gasteiger partial charge on any atom is 0.350 e. The highest BCUT2D eigenvalue weighted by Crippen LogP contribution is 2.24. The van der Waals surface area contributed by atoms with Crippen LogP contribution < -0.4 is 4.72 Å². The highest BCUT2D eigenvalue weighted by atomic mass is 32.2. The molecule has 1 rings (SSSR count). The molecule has 0 saturated heterocycles. The Morgan fingerprint density at radius 2 is 2.18 bits per heavy atom. The van der Waals surface area contributed by atoms with Crippen LogP contribution in [-0.4, -0.2) is 27.2 Å². The maximum atomic E-state index is 11.7. The Bertz CT molecular complexity index is 490. The predicted octanol–water partition coefficient (Wildman–Crippen LogP) is 1.93. The topological polar surface area (TPSA) is 72.5 Å². The fraction of sp³-hybridized carbons (Fsp3) is 0.500. The molecular formula is C10H15NO4S2. The van der Waals surface area contributed by atoms with E-state index in [2.05, 4.69) is 9.46 Å². The fourth-order valence-corrected chi connectivity index (χ4v) is 3.59. The van der Waals surface area contributed by atoms with Crippen molar-refractivity contribution in [1.29, 1.82) is 0 Å². The van der Waals surface area contributed by atoms with Crippen LogP contribution in [-0.2, 0) is 14.8 Å². The summed E-state index contributed by atoms with van der Waals surface area (Å²) in [5, 5.41) is 1.64. The van der Waals surface area contributed by atoms with E-state index in [4.69, 9.17) is 0 Å². The van der Waals surface area contributed by atoms with E-state index in [9.17, 15) is 13.2 Å². The smallest absolute Gasteiger partial charge is 0.350 e. The Kier molecular flexibility index (Phi) is 4.53. The van der Waals surface area contributed by atoms with E-state index in [1.807, 2.05) is 13.8 Å². The molecule has 0 atom stereocenters. The number of hydrogen-bond acceptors (Lipinski definition) is 5. The summed E-state index contributed by atoms with van der Waals surface area (Å²) in [4.78, 5) is 11.6. The second-order valence-corrected chi connectivity index (χ2v) is 6.62. The summed E-state index contributed by atoms with van der Waals surface area (Å²) >= 11 is 1.14. The quantitative estimate of drug-likeness (QED) is 0.835. The molecule has 7 heteroatoms. The van der Waals surface area contributed by atoms with Crippen molar-refractivity contribution < 1.29 is 17.9 Å². The van der Waals surface area contributed by atoms with Crippen molar-refractivity contribution >= 4 is 33.0 Å². The van der Waals surface area contributed by atoms with E-state index in [-0.39, 0.29) is 22.2 Å². The number of ether oxygens (including phenoxy) is 1. The number of anilines is 1. The van der Waals surface area contributed by atoms with Crippen LogP contribution in [0.2, 0.25) is 0 Å². The zero-order valence-electron chi connectivity index (χ0n) is 9.89. The Morgan fingerprint density at radius 1 is 1.53 bits per heavy atom. The monoisotopic (exact) mass is 277 g/mol. The van der Waals surface area contributed by atoms with Gasteiger partial charge in [-0.05, 0) is 17.4 Å². The Balaban J connectivity index is 2.89. The van der Waals surface area contributed by atoms with Gasteiger partial charge in [0.1, 0.15) is 4.88 Å². The van der Waals surface area contributed by atoms with E-state index >= 15 is 0 Å². The fourth-order valence-electron chi connectivity index (χ4n) is 1.29. The molecule has 0 aliphatic rings. The average molecular weight is 277 g/mol. The molecule has 96 valence electrons. The van der Waals surface area contributed by atoms with Gasteiger partial charge in [-0.2, -0.15) is 0 Å². The first kappa shape index (κ1) is 14.0. The molecule has 0 aromatic carbocycles. The van der Waals surface area contributed by atoms with E-state index in [1.54, 1.807) is 11.4 Å². The first-order chi connectivity index (χ1) is 7.85. The van der Waals surface area contributed by atoms with Crippen molar-refractivity contribution in [2.24, 2.45) is 5.92 Å². The SMILES string of the molecule is COC(=O)c1sccc1NS(=O)(=O)CC(C)C. The highest BCUT2D eigenvalue weighted by molar-refractivity contribution is 7.92. The molecule has 17 heavy (non-hydrogen) atoms. The van der Waals surface area contributed by atoms with Gasteiger partial charge in [0.15, 0.2) is 0 Å². The zero-order valence-corrected chi connectivity index (χ0v) is 11.5. The number of sulfonamides is 1. The third kappa shape index (κ3) is 4.01. The van der Waals surface area contributed by atoms with Crippen LogP contribution >= 0.6 is 11.3 Å². The molecule has 0 fully saturated rings. The minimum atomic E-state index is -3.42. The lowest BCUT2D eigenvalue weighted by Crippen LogP contribution is -2.20. The van der Waals surface area contributed by atoms with Gasteiger partial charge in [0.25, 0.3) is 0 Å². The number of nitrogens with one attached hydrogen (secondary N) is 1. The number of methoxy groups -OCH3 is 1. The molecule has 0 saturated carbocycles. The molecule has 1 aromatic rings. The highest BCUT2D eigenvalue weighted by Gasteiger charge is 2.19. The summed E-state index contributed by atoms with van der Waals surface area (Å²) in [6, 6.07) is 1.55. The number of hydrogen-bond donors (Lipinski definition) is 1. The van der Waals surface area contributed by atoms with E-state index in [1.165, 1.54) is 7.11 Å². The Hall–Kier alpha value is -1.08. The number of thiophene rings is 1. The van der Waals surface area contributed by atoms with Gasteiger partial charge in [0.2, 0.25) is 10.0 Å². The summed E-state index contributed by atoms with van der Waals surface area (Å²) in [7, 11) is -2.16. The Labute approximate surface area is 105 Å². The van der Waals surface area contributed by atoms with Gasteiger partial charge in [-0.15, -0.1) is 11.3 Å². The first-order valence-corrected chi connectivity index (χ1v) is 7.55. The molecule has 0 unspecified atom stereocenters. The van der Waals surface area contributed by atoms with Crippen molar-refractivity contribution in [3.05, 3.63) is 16.3 Å². The number of rotatable bonds is 5. The van der Waals surface area contributed by atoms with Crippen molar-refractivity contribution in [2.75, 3.05) is 17.6 Å². The number of esters is 1. The van der Waals surface area contributed by atoms with Crippen LogP contribution in [0.1, 0.15) is 23.5 Å². The summed E-state index contributed by atoms with van der Waals surface area (Å²) in [6.07, 6.45) is 0.